The molecule has 3 nitrogen and oxygen atoms in total. The zero-order valence-corrected chi connectivity index (χ0v) is 11.6. The molecule has 1 aromatic carbocycles. The summed E-state index contributed by atoms with van der Waals surface area (Å²) in [5, 5.41) is 10.8. The number of nitrogens with zero attached hydrogens (tertiary/aromatic N) is 2. The van der Waals surface area contributed by atoms with Crippen molar-refractivity contribution in [3.05, 3.63) is 30.5 Å². The van der Waals surface area contributed by atoms with Crippen LogP contribution in [0.1, 0.15) is 13.8 Å². The van der Waals surface area contributed by atoms with Crippen molar-refractivity contribution in [3.63, 3.8) is 0 Å². The molecule has 0 bridgehead atoms. The number of likely N-dealkylation sites (N-methyl/N-ethyl adjacent to an activating group) is 1. The number of hydrogen-bond acceptors (Lipinski definition) is 2. The summed E-state index contributed by atoms with van der Waals surface area (Å²) in [7, 11) is 4.12. The molecule has 1 unspecified atom stereocenters. The number of benzene rings is 1. The molecule has 0 aliphatic rings. The fourth-order valence-electron chi connectivity index (χ4n) is 2.56. The van der Waals surface area contributed by atoms with E-state index in [1.54, 1.807) is 0 Å². The third-order valence-corrected chi connectivity index (χ3v) is 3.71. The quantitative estimate of drug-likeness (QED) is 0.898. The first-order valence-corrected chi connectivity index (χ1v) is 6.44. The minimum atomic E-state index is 0.149. The van der Waals surface area contributed by atoms with Gasteiger partial charge in [-0.05, 0) is 12.0 Å². The van der Waals surface area contributed by atoms with Crippen LogP contribution < -0.4 is 4.90 Å². The van der Waals surface area contributed by atoms with Crippen molar-refractivity contribution in [2.45, 2.75) is 19.9 Å². The van der Waals surface area contributed by atoms with Gasteiger partial charge in [-0.1, -0.05) is 32.0 Å². The van der Waals surface area contributed by atoms with Gasteiger partial charge in [-0.3, -0.25) is 0 Å². The van der Waals surface area contributed by atoms with Crippen molar-refractivity contribution in [1.29, 1.82) is 0 Å². The number of aromatic nitrogens is 1. The van der Waals surface area contributed by atoms with E-state index < -0.39 is 0 Å². The van der Waals surface area contributed by atoms with Crippen molar-refractivity contribution >= 4 is 16.6 Å². The average molecular weight is 246 g/mol. The van der Waals surface area contributed by atoms with E-state index in [1.165, 1.54) is 16.6 Å². The van der Waals surface area contributed by atoms with Crippen LogP contribution in [0.2, 0.25) is 0 Å². The Bertz CT molecular complexity index is 530. The highest BCUT2D eigenvalue weighted by Crippen LogP contribution is 2.30. The molecule has 0 fully saturated rings. The van der Waals surface area contributed by atoms with Gasteiger partial charge >= 0.3 is 0 Å². The Balaban J connectivity index is 2.47. The first-order chi connectivity index (χ1) is 8.56. The number of aryl methyl sites for hydroxylation is 1. The minimum Gasteiger partial charge on any atom is -0.394 e. The van der Waals surface area contributed by atoms with Crippen LogP contribution >= 0.6 is 0 Å². The molecule has 0 aliphatic heterocycles. The summed E-state index contributed by atoms with van der Waals surface area (Å²) >= 11 is 0. The molecule has 1 aromatic heterocycles. The van der Waals surface area contributed by atoms with Crippen LogP contribution in [0.5, 0.6) is 0 Å². The molecule has 0 spiro atoms. The molecule has 0 amide bonds. The molecule has 0 saturated heterocycles. The molecule has 98 valence electrons. The van der Waals surface area contributed by atoms with Crippen LogP contribution in [0.4, 0.5) is 5.69 Å². The normalized spacial score (nSPS) is 13.2. The molecule has 1 heterocycles. The smallest absolute Gasteiger partial charge is 0.0637 e. The number of para-hydroxylation sites is 1. The van der Waals surface area contributed by atoms with E-state index in [-0.39, 0.29) is 12.6 Å². The summed E-state index contributed by atoms with van der Waals surface area (Å²) in [5.41, 5.74) is 2.40. The summed E-state index contributed by atoms with van der Waals surface area (Å²) in [6, 6.07) is 8.52. The lowest BCUT2D eigenvalue weighted by Crippen LogP contribution is -2.38. The number of aliphatic hydroxyl groups is 1. The molecule has 1 atom stereocenters. The van der Waals surface area contributed by atoms with Gasteiger partial charge in [0, 0.05) is 31.2 Å². The minimum absolute atomic E-state index is 0.149. The molecular weight excluding hydrogens is 224 g/mol. The first kappa shape index (κ1) is 13.0. The number of rotatable bonds is 4. The Morgan fingerprint density at radius 3 is 2.56 bits per heavy atom. The van der Waals surface area contributed by atoms with E-state index in [4.69, 9.17) is 0 Å². The maximum absolute atomic E-state index is 9.56. The highest BCUT2D eigenvalue weighted by Gasteiger charge is 2.20. The first-order valence-electron chi connectivity index (χ1n) is 6.44. The highest BCUT2D eigenvalue weighted by atomic mass is 16.3. The summed E-state index contributed by atoms with van der Waals surface area (Å²) in [5.74, 6) is 0.416. The molecule has 0 saturated carbocycles. The number of aliphatic hydroxyl groups excluding tert-OH is 1. The summed E-state index contributed by atoms with van der Waals surface area (Å²) in [6.45, 7) is 4.46. The van der Waals surface area contributed by atoms with Crippen molar-refractivity contribution in [1.82, 2.24) is 4.57 Å². The predicted molar refractivity (Wildman–Crippen MR) is 77.0 cm³/mol. The van der Waals surface area contributed by atoms with Gasteiger partial charge in [0.15, 0.2) is 0 Å². The SMILES string of the molecule is CC(C)C(CO)N(C)c1cn(C)c2ccccc12. The topological polar surface area (TPSA) is 28.4 Å². The molecule has 3 heteroatoms. The van der Waals surface area contributed by atoms with E-state index in [0.717, 1.165) is 0 Å². The molecule has 18 heavy (non-hydrogen) atoms. The van der Waals surface area contributed by atoms with Gasteiger partial charge in [-0.2, -0.15) is 0 Å². The highest BCUT2D eigenvalue weighted by molar-refractivity contribution is 5.93. The third-order valence-electron chi connectivity index (χ3n) is 3.71. The van der Waals surface area contributed by atoms with Crippen LogP contribution in [-0.2, 0) is 7.05 Å². The molecule has 0 radical (unpaired) electrons. The van der Waals surface area contributed by atoms with E-state index in [2.05, 4.69) is 67.9 Å². The molecule has 0 aliphatic carbocycles. The predicted octanol–water partition coefficient (Wildman–Crippen LogP) is 2.63. The van der Waals surface area contributed by atoms with Crippen molar-refractivity contribution in [2.24, 2.45) is 13.0 Å². The van der Waals surface area contributed by atoms with Crippen molar-refractivity contribution in [2.75, 3.05) is 18.6 Å². The number of anilines is 1. The fraction of sp³-hybridized carbons (Fsp3) is 0.467. The lowest BCUT2D eigenvalue weighted by atomic mass is 10.0. The van der Waals surface area contributed by atoms with E-state index in [9.17, 15) is 5.11 Å². The zero-order valence-electron chi connectivity index (χ0n) is 11.6. The van der Waals surface area contributed by atoms with Gasteiger partial charge in [0.1, 0.15) is 0 Å². The van der Waals surface area contributed by atoms with Crippen LogP contribution in [0.3, 0.4) is 0 Å². The Kier molecular flexibility index (Phi) is 3.62. The van der Waals surface area contributed by atoms with Gasteiger partial charge in [0.25, 0.3) is 0 Å². The van der Waals surface area contributed by atoms with Gasteiger partial charge < -0.3 is 14.6 Å². The summed E-state index contributed by atoms with van der Waals surface area (Å²) in [6.07, 6.45) is 2.13. The van der Waals surface area contributed by atoms with E-state index in [1.807, 2.05) is 0 Å². The molecular formula is C15H22N2O. The third kappa shape index (κ3) is 2.10. The fourth-order valence-corrected chi connectivity index (χ4v) is 2.56. The molecule has 2 rings (SSSR count). The Hall–Kier alpha value is -1.48. The maximum atomic E-state index is 9.56. The average Bonchev–Trinajstić information content (AvgIpc) is 2.68. The van der Waals surface area contributed by atoms with Crippen LogP contribution in [0, 0.1) is 5.92 Å². The Morgan fingerprint density at radius 1 is 1.28 bits per heavy atom. The second kappa shape index (κ2) is 5.02. The summed E-state index contributed by atoms with van der Waals surface area (Å²) in [4.78, 5) is 2.19. The standard InChI is InChI=1S/C15H22N2O/c1-11(2)15(10-18)17(4)14-9-16(3)13-8-6-5-7-12(13)14/h5-9,11,15,18H,10H2,1-4H3. The van der Waals surface area contributed by atoms with Gasteiger partial charge in [0.2, 0.25) is 0 Å². The zero-order chi connectivity index (χ0) is 13.3. The van der Waals surface area contributed by atoms with Crippen LogP contribution in [0.25, 0.3) is 10.9 Å². The van der Waals surface area contributed by atoms with Crippen molar-refractivity contribution in [3.8, 4) is 0 Å². The van der Waals surface area contributed by atoms with Gasteiger partial charge in [0.05, 0.1) is 18.3 Å². The van der Waals surface area contributed by atoms with Gasteiger partial charge in [-0.25, -0.2) is 0 Å². The molecule has 2 aromatic rings. The summed E-state index contributed by atoms with van der Waals surface area (Å²) < 4.78 is 2.13. The number of fused-ring (bicyclic) bond motifs is 1. The number of hydrogen-bond donors (Lipinski definition) is 1. The second-order valence-electron chi connectivity index (χ2n) is 5.25. The second-order valence-corrected chi connectivity index (χ2v) is 5.25. The van der Waals surface area contributed by atoms with E-state index >= 15 is 0 Å². The lowest BCUT2D eigenvalue weighted by molar-refractivity contribution is 0.234. The Morgan fingerprint density at radius 2 is 1.94 bits per heavy atom. The monoisotopic (exact) mass is 246 g/mol. The van der Waals surface area contributed by atoms with E-state index in [0.29, 0.717) is 5.92 Å². The van der Waals surface area contributed by atoms with Crippen LogP contribution in [-0.4, -0.2) is 29.4 Å². The lowest BCUT2D eigenvalue weighted by Gasteiger charge is -2.31. The van der Waals surface area contributed by atoms with Gasteiger partial charge in [-0.15, -0.1) is 0 Å². The Labute approximate surface area is 109 Å². The van der Waals surface area contributed by atoms with Crippen molar-refractivity contribution < 1.29 is 5.11 Å². The largest absolute Gasteiger partial charge is 0.394 e. The van der Waals surface area contributed by atoms with Crippen LogP contribution in [0.15, 0.2) is 30.5 Å². The maximum Gasteiger partial charge on any atom is 0.0637 e. The molecule has 1 N–H and O–H groups in total.